The van der Waals surface area contributed by atoms with Gasteiger partial charge in [-0.05, 0) is 31.0 Å². The topological polar surface area (TPSA) is 20.3 Å². The van der Waals surface area contributed by atoms with Gasteiger partial charge < -0.3 is 4.90 Å². The molecule has 1 fully saturated rings. The van der Waals surface area contributed by atoms with Crippen LogP contribution in [0.25, 0.3) is 0 Å². The quantitative estimate of drug-likeness (QED) is 0.750. The average Bonchev–Trinajstić information content (AvgIpc) is 2.81. The molecule has 0 radical (unpaired) electrons. The highest BCUT2D eigenvalue weighted by atomic mass is 35.5. The van der Waals surface area contributed by atoms with Gasteiger partial charge in [0.05, 0.1) is 0 Å². The van der Waals surface area contributed by atoms with E-state index in [0.717, 1.165) is 12.0 Å². The molecule has 0 amide bonds. The Hall–Kier alpha value is -1.02. The molecule has 3 heteroatoms. The predicted molar refractivity (Wildman–Crippen MR) is 67.5 cm³/mol. The number of hydrogen-bond acceptors (Lipinski definition) is 2. The Kier molecular flexibility index (Phi) is 3.49. The predicted octanol–water partition coefficient (Wildman–Crippen LogP) is 3.53. The highest BCUT2D eigenvalue weighted by molar-refractivity contribution is 6.31. The summed E-state index contributed by atoms with van der Waals surface area (Å²) in [6.07, 6.45) is 5.90. The van der Waals surface area contributed by atoms with Gasteiger partial charge in [-0.1, -0.05) is 24.4 Å². The Morgan fingerprint density at radius 2 is 2.06 bits per heavy atom. The van der Waals surface area contributed by atoms with Crippen molar-refractivity contribution in [2.24, 2.45) is 0 Å². The fraction of sp³-hybridized carbons (Fsp3) is 0.462. The maximum absolute atomic E-state index is 11.0. The zero-order valence-electron chi connectivity index (χ0n) is 9.45. The number of carbonyl (C=O) groups is 1. The second-order valence-electron chi connectivity index (χ2n) is 4.37. The van der Waals surface area contributed by atoms with E-state index >= 15 is 0 Å². The number of anilines is 1. The number of halogens is 1. The van der Waals surface area contributed by atoms with Gasteiger partial charge in [0.2, 0.25) is 0 Å². The Labute approximate surface area is 101 Å². The summed E-state index contributed by atoms with van der Waals surface area (Å²) in [6, 6.07) is 6.08. The molecule has 0 aromatic heterocycles. The monoisotopic (exact) mass is 237 g/mol. The van der Waals surface area contributed by atoms with Gasteiger partial charge in [0.25, 0.3) is 0 Å². The fourth-order valence-corrected chi connectivity index (χ4v) is 2.61. The first-order valence-corrected chi connectivity index (χ1v) is 6.07. The van der Waals surface area contributed by atoms with Crippen LogP contribution < -0.4 is 4.90 Å². The summed E-state index contributed by atoms with van der Waals surface area (Å²) >= 11 is 5.88. The molecule has 0 saturated heterocycles. The third kappa shape index (κ3) is 2.22. The van der Waals surface area contributed by atoms with E-state index < -0.39 is 0 Å². The van der Waals surface area contributed by atoms with E-state index in [9.17, 15) is 4.79 Å². The molecule has 2 rings (SSSR count). The van der Waals surface area contributed by atoms with Crippen LogP contribution in [0.4, 0.5) is 5.69 Å². The molecule has 0 N–H and O–H groups in total. The van der Waals surface area contributed by atoms with Gasteiger partial charge in [-0.3, -0.25) is 4.79 Å². The number of carbonyl (C=O) groups excluding carboxylic acids is 1. The van der Waals surface area contributed by atoms with E-state index in [2.05, 4.69) is 11.9 Å². The molecule has 0 aliphatic heterocycles. The summed E-state index contributed by atoms with van der Waals surface area (Å²) in [5, 5.41) is 0.616. The van der Waals surface area contributed by atoms with Crippen molar-refractivity contribution in [3.63, 3.8) is 0 Å². The van der Waals surface area contributed by atoms with Crippen LogP contribution in [0.15, 0.2) is 18.2 Å². The van der Waals surface area contributed by atoms with Crippen molar-refractivity contribution in [1.82, 2.24) is 0 Å². The van der Waals surface area contributed by atoms with Crippen LogP contribution in [-0.2, 0) is 0 Å². The number of benzene rings is 1. The zero-order valence-corrected chi connectivity index (χ0v) is 10.2. The summed E-state index contributed by atoms with van der Waals surface area (Å²) in [5.74, 6) is 0. The average molecular weight is 238 g/mol. The number of hydrogen-bond donors (Lipinski definition) is 0. The zero-order chi connectivity index (χ0) is 11.5. The molecular formula is C13H16ClNO. The SMILES string of the molecule is CN(c1ccc(Cl)cc1C=O)C1CCCC1. The minimum atomic E-state index is 0.569. The summed E-state index contributed by atoms with van der Waals surface area (Å²) in [4.78, 5) is 13.2. The summed E-state index contributed by atoms with van der Waals surface area (Å²) in [7, 11) is 2.06. The molecule has 0 heterocycles. The Bertz CT molecular complexity index is 386. The first-order chi connectivity index (χ1) is 7.72. The van der Waals surface area contributed by atoms with Crippen LogP contribution in [-0.4, -0.2) is 19.4 Å². The molecule has 1 saturated carbocycles. The van der Waals surface area contributed by atoms with Crippen LogP contribution in [0.1, 0.15) is 36.0 Å². The largest absolute Gasteiger partial charge is 0.371 e. The van der Waals surface area contributed by atoms with Crippen molar-refractivity contribution in [3.05, 3.63) is 28.8 Å². The van der Waals surface area contributed by atoms with E-state index in [-0.39, 0.29) is 0 Å². The van der Waals surface area contributed by atoms with Crippen molar-refractivity contribution in [2.75, 3.05) is 11.9 Å². The minimum Gasteiger partial charge on any atom is -0.371 e. The lowest BCUT2D eigenvalue weighted by Gasteiger charge is -2.27. The highest BCUT2D eigenvalue weighted by Gasteiger charge is 2.21. The third-order valence-corrected chi connectivity index (χ3v) is 3.60. The molecule has 16 heavy (non-hydrogen) atoms. The van der Waals surface area contributed by atoms with Crippen LogP contribution in [0.2, 0.25) is 5.02 Å². The van der Waals surface area contributed by atoms with Crippen LogP contribution in [0, 0.1) is 0 Å². The maximum Gasteiger partial charge on any atom is 0.152 e. The van der Waals surface area contributed by atoms with Crippen LogP contribution in [0.5, 0.6) is 0 Å². The van der Waals surface area contributed by atoms with Crippen molar-refractivity contribution in [2.45, 2.75) is 31.7 Å². The van der Waals surface area contributed by atoms with Gasteiger partial charge in [-0.25, -0.2) is 0 Å². The second kappa shape index (κ2) is 4.88. The Morgan fingerprint density at radius 3 is 2.69 bits per heavy atom. The first kappa shape index (κ1) is 11.5. The number of aldehydes is 1. The normalized spacial score (nSPS) is 16.4. The van der Waals surface area contributed by atoms with E-state index in [1.54, 1.807) is 6.07 Å². The van der Waals surface area contributed by atoms with Crippen molar-refractivity contribution >= 4 is 23.6 Å². The number of nitrogens with zero attached hydrogens (tertiary/aromatic N) is 1. The van der Waals surface area contributed by atoms with Crippen LogP contribution in [0.3, 0.4) is 0 Å². The van der Waals surface area contributed by atoms with Crippen LogP contribution >= 0.6 is 11.6 Å². The van der Waals surface area contributed by atoms with E-state index in [1.807, 2.05) is 12.1 Å². The van der Waals surface area contributed by atoms with Gasteiger partial charge in [0.1, 0.15) is 0 Å². The molecule has 86 valence electrons. The molecule has 0 bridgehead atoms. The molecule has 1 aliphatic carbocycles. The van der Waals surface area contributed by atoms with Gasteiger partial charge in [-0.2, -0.15) is 0 Å². The lowest BCUT2D eigenvalue weighted by molar-refractivity contribution is 0.112. The van der Waals surface area contributed by atoms with Crippen molar-refractivity contribution < 1.29 is 4.79 Å². The lowest BCUT2D eigenvalue weighted by Crippen LogP contribution is -2.29. The van der Waals surface area contributed by atoms with E-state index in [0.29, 0.717) is 16.6 Å². The Balaban J connectivity index is 2.27. The van der Waals surface area contributed by atoms with E-state index in [1.165, 1.54) is 25.7 Å². The standard InChI is InChI=1S/C13H16ClNO/c1-15(12-4-2-3-5-12)13-7-6-11(14)8-10(13)9-16/h6-9,12H,2-5H2,1H3. The van der Waals surface area contributed by atoms with Crippen molar-refractivity contribution in [3.8, 4) is 0 Å². The molecular weight excluding hydrogens is 222 g/mol. The van der Waals surface area contributed by atoms with Crippen molar-refractivity contribution in [1.29, 1.82) is 0 Å². The smallest absolute Gasteiger partial charge is 0.152 e. The highest BCUT2D eigenvalue weighted by Crippen LogP contribution is 2.29. The molecule has 0 atom stereocenters. The molecule has 1 aliphatic rings. The maximum atomic E-state index is 11.0. The van der Waals surface area contributed by atoms with Gasteiger partial charge in [0.15, 0.2) is 6.29 Å². The fourth-order valence-electron chi connectivity index (χ4n) is 2.43. The first-order valence-electron chi connectivity index (χ1n) is 5.70. The molecule has 0 unspecified atom stereocenters. The molecule has 2 nitrogen and oxygen atoms in total. The molecule has 0 spiro atoms. The van der Waals surface area contributed by atoms with Gasteiger partial charge in [0, 0.05) is 29.4 Å². The number of rotatable bonds is 3. The van der Waals surface area contributed by atoms with Gasteiger partial charge >= 0.3 is 0 Å². The van der Waals surface area contributed by atoms with Gasteiger partial charge in [-0.15, -0.1) is 0 Å². The summed E-state index contributed by atoms with van der Waals surface area (Å²) in [5.41, 5.74) is 1.67. The van der Waals surface area contributed by atoms with E-state index in [4.69, 9.17) is 11.6 Å². The summed E-state index contributed by atoms with van der Waals surface area (Å²) < 4.78 is 0. The summed E-state index contributed by atoms with van der Waals surface area (Å²) in [6.45, 7) is 0. The Morgan fingerprint density at radius 1 is 1.38 bits per heavy atom. The molecule has 1 aromatic rings. The minimum absolute atomic E-state index is 0.569. The lowest BCUT2D eigenvalue weighted by atomic mass is 10.1. The third-order valence-electron chi connectivity index (χ3n) is 3.37. The molecule has 1 aromatic carbocycles. The second-order valence-corrected chi connectivity index (χ2v) is 4.81.